The molecule has 0 aliphatic carbocycles. The topological polar surface area (TPSA) is 153 Å². The monoisotopic (exact) mass is 339 g/mol. The normalized spacial score (nSPS) is 33.6. The number of aliphatic hydroxyl groups is 4. The Labute approximate surface area is 133 Å². The summed E-state index contributed by atoms with van der Waals surface area (Å²) in [5.74, 6) is 0.352. The van der Waals surface area contributed by atoms with Crippen molar-refractivity contribution in [2.45, 2.75) is 55.8 Å². The second kappa shape index (κ2) is 9.66. The van der Waals surface area contributed by atoms with Gasteiger partial charge in [0.1, 0.15) is 30.5 Å². The van der Waals surface area contributed by atoms with Crippen LogP contribution in [0, 0.1) is 0 Å². The van der Waals surface area contributed by atoms with Gasteiger partial charge in [-0.25, -0.2) is 0 Å². The SMILES string of the molecule is N[C@@H](CCSCCCC1O[C@H](CO)[C@H](O)[C@H](O)[C@H]1O)C(=O)O. The van der Waals surface area contributed by atoms with Crippen LogP contribution in [0.1, 0.15) is 19.3 Å². The highest BCUT2D eigenvalue weighted by molar-refractivity contribution is 7.99. The number of aliphatic carboxylic acids is 1. The van der Waals surface area contributed by atoms with Gasteiger partial charge in [-0.2, -0.15) is 11.8 Å². The van der Waals surface area contributed by atoms with E-state index in [2.05, 4.69) is 0 Å². The van der Waals surface area contributed by atoms with Gasteiger partial charge < -0.3 is 36.0 Å². The fourth-order valence-corrected chi connectivity index (χ4v) is 3.24. The quantitative estimate of drug-likeness (QED) is 0.265. The molecule has 1 saturated heterocycles. The third-order valence-electron chi connectivity index (χ3n) is 3.66. The first kappa shape index (κ1) is 19.6. The largest absolute Gasteiger partial charge is 0.480 e. The second-order valence-corrected chi connectivity index (χ2v) is 6.58. The van der Waals surface area contributed by atoms with Crippen molar-refractivity contribution in [3.05, 3.63) is 0 Å². The highest BCUT2D eigenvalue weighted by Gasteiger charge is 2.42. The van der Waals surface area contributed by atoms with Crippen molar-refractivity contribution in [2.24, 2.45) is 5.73 Å². The molecular weight excluding hydrogens is 314 g/mol. The standard InChI is InChI=1S/C13H25NO7S/c14-7(13(19)20)3-5-22-4-1-2-8-10(16)12(18)11(17)9(6-15)21-8/h7-12,15-18H,1-6,14H2,(H,19,20)/t7-,8?,9+,10-,11-,12+/m0/s1. The van der Waals surface area contributed by atoms with E-state index in [4.69, 9.17) is 20.7 Å². The fourth-order valence-electron chi connectivity index (χ4n) is 2.24. The Hall–Kier alpha value is -0.420. The third-order valence-corrected chi connectivity index (χ3v) is 4.76. The Kier molecular flexibility index (Phi) is 8.62. The zero-order valence-corrected chi connectivity index (χ0v) is 13.1. The number of hydrogen-bond donors (Lipinski definition) is 6. The molecular formula is C13H25NO7S. The van der Waals surface area contributed by atoms with E-state index in [0.29, 0.717) is 25.0 Å². The highest BCUT2D eigenvalue weighted by Crippen LogP contribution is 2.24. The molecule has 1 unspecified atom stereocenters. The van der Waals surface area contributed by atoms with Crippen LogP contribution >= 0.6 is 11.8 Å². The number of aliphatic hydroxyl groups excluding tert-OH is 4. The lowest BCUT2D eigenvalue weighted by atomic mass is 9.93. The predicted octanol–water partition coefficient (Wildman–Crippen LogP) is -1.86. The molecule has 130 valence electrons. The van der Waals surface area contributed by atoms with E-state index in [1.165, 1.54) is 0 Å². The maximum Gasteiger partial charge on any atom is 0.320 e. The lowest BCUT2D eigenvalue weighted by Crippen LogP contribution is -2.58. The summed E-state index contributed by atoms with van der Waals surface area (Å²) < 4.78 is 5.39. The number of hydrogen-bond acceptors (Lipinski definition) is 8. The minimum atomic E-state index is -1.34. The molecule has 0 aromatic heterocycles. The second-order valence-electron chi connectivity index (χ2n) is 5.36. The Morgan fingerprint density at radius 2 is 1.77 bits per heavy atom. The molecule has 22 heavy (non-hydrogen) atoms. The molecule has 0 radical (unpaired) electrons. The van der Waals surface area contributed by atoms with Crippen LogP contribution in [0.4, 0.5) is 0 Å². The number of nitrogens with two attached hydrogens (primary N) is 1. The number of thioether (sulfide) groups is 1. The van der Waals surface area contributed by atoms with E-state index < -0.39 is 49.1 Å². The summed E-state index contributed by atoms with van der Waals surface area (Å²) in [5.41, 5.74) is 5.38. The summed E-state index contributed by atoms with van der Waals surface area (Å²) in [7, 11) is 0. The molecule has 0 amide bonds. The highest BCUT2D eigenvalue weighted by atomic mass is 32.2. The summed E-state index contributed by atoms with van der Waals surface area (Å²) in [6.45, 7) is -0.427. The molecule has 7 N–H and O–H groups in total. The van der Waals surface area contributed by atoms with Gasteiger partial charge in [0.2, 0.25) is 0 Å². The van der Waals surface area contributed by atoms with Crippen molar-refractivity contribution in [1.82, 2.24) is 0 Å². The van der Waals surface area contributed by atoms with Gasteiger partial charge in [0.05, 0.1) is 12.7 Å². The number of ether oxygens (including phenoxy) is 1. The summed E-state index contributed by atoms with van der Waals surface area (Å²) in [4.78, 5) is 10.5. The van der Waals surface area contributed by atoms with E-state index in [-0.39, 0.29) is 0 Å². The van der Waals surface area contributed by atoms with E-state index in [9.17, 15) is 20.1 Å². The van der Waals surface area contributed by atoms with Gasteiger partial charge in [0, 0.05) is 0 Å². The zero-order chi connectivity index (χ0) is 16.7. The lowest BCUT2D eigenvalue weighted by molar-refractivity contribution is -0.230. The van der Waals surface area contributed by atoms with Gasteiger partial charge in [0.25, 0.3) is 0 Å². The van der Waals surface area contributed by atoms with Crippen LogP contribution in [0.5, 0.6) is 0 Å². The van der Waals surface area contributed by atoms with E-state index in [1.807, 2.05) is 0 Å². The predicted molar refractivity (Wildman–Crippen MR) is 80.6 cm³/mol. The van der Waals surface area contributed by atoms with Gasteiger partial charge in [-0.1, -0.05) is 0 Å². The average Bonchev–Trinajstić information content (AvgIpc) is 2.49. The first-order chi connectivity index (χ1) is 10.4. The summed E-state index contributed by atoms with van der Waals surface area (Å²) in [6, 6.07) is -0.849. The maximum absolute atomic E-state index is 10.5. The summed E-state index contributed by atoms with van der Waals surface area (Å²) in [6.07, 6.45) is -3.82. The van der Waals surface area contributed by atoms with Crippen LogP contribution in [-0.2, 0) is 9.53 Å². The van der Waals surface area contributed by atoms with Crippen molar-refractivity contribution in [3.63, 3.8) is 0 Å². The van der Waals surface area contributed by atoms with Crippen molar-refractivity contribution in [3.8, 4) is 0 Å². The van der Waals surface area contributed by atoms with Gasteiger partial charge in [0.15, 0.2) is 0 Å². The molecule has 9 heteroatoms. The smallest absolute Gasteiger partial charge is 0.320 e. The van der Waals surface area contributed by atoms with Gasteiger partial charge in [-0.05, 0) is 30.8 Å². The van der Waals surface area contributed by atoms with E-state index in [0.717, 1.165) is 5.75 Å². The molecule has 0 aromatic rings. The Balaban J connectivity index is 2.22. The van der Waals surface area contributed by atoms with Crippen LogP contribution in [0.2, 0.25) is 0 Å². The van der Waals surface area contributed by atoms with Gasteiger partial charge in [-0.15, -0.1) is 0 Å². The molecule has 1 heterocycles. The molecule has 1 fully saturated rings. The minimum Gasteiger partial charge on any atom is -0.480 e. The first-order valence-electron chi connectivity index (χ1n) is 7.25. The summed E-state index contributed by atoms with van der Waals surface area (Å²) in [5, 5.41) is 46.9. The van der Waals surface area contributed by atoms with Crippen LogP contribution < -0.4 is 5.73 Å². The van der Waals surface area contributed by atoms with Crippen molar-refractivity contribution in [2.75, 3.05) is 18.1 Å². The van der Waals surface area contributed by atoms with Gasteiger partial charge >= 0.3 is 5.97 Å². The molecule has 0 aromatic carbocycles. The third kappa shape index (κ3) is 5.65. The minimum absolute atomic E-state index is 0.389. The van der Waals surface area contributed by atoms with E-state index in [1.54, 1.807) is 11.8 Å². The number of rotatable bonds is 9. The Morgan fingerprint density at radius 1 is 1.14 bits per heavy atom. The zero-order valence-electron chi connectivity index (χ0n) is 12.2. The molecule has 8 nitrogen and oxygen atoms in total. The molecule has 1 aliphatic rings. The van der Waals surface area contributed by atoms with Crippen molar-refractivity contribution in [1.29, 1.82) is 0 Å². The van der Waals surface area contributed by atoms with Crippen molar-refractivity contribution >= 4 is 17.7 Å². The summed E-state index contributed by atoms with van der Waals surface area (Å²) >= 11 is 1.55. The lowest BCUT2D eigenvalue weighted by Gasteiger charge is -2.40. The maximum atomic E-state index is 10.5. The van der Waals surface area contributed by atoms with Crippen LogP contribution in [0.15, 0.2) is 0 Å². The molecule has 1 rings (SSSR count). The molecule has 1 aliphatic heterocycles. The molecule has 0 bridgehead atoms. The first-order valence-corrected chi connectivity index (χ1v) is 8.40. The number of carboxylic acid groups (broad SMARTS) is 1. The van der Waals surface area contributed by atoms with Crippen LogP contribution in [0.3, 0.4) is 0 Å². The van der Waals surface area contributed by atoms with Crippen LogP contribution in [0.25, 0.3) is 0 Å². The molecule has 0 spiro atoms. The van der Waals surface area contributed by atoms with E-state index >= 15 is 0 Å². The molecule has 0 saturated carbocycles. The van der Waals surface area contributed by atoms with Crippen molar-refractivity contribution < 1.29 is 35.1 Å². The number of carbonyl (C=O) groups is 1. The Morgan fingerprint density at radius 3 is 2.36 bits per heavy atom. The van der Waals surface area contributed by atoms with Crippen LogP contribution in [-0.4, -0.2) is 86.2 Å². The Bertz CT molecular complexity index is 344. The van der Waals surface area contributed by atoms with Gasteiger partial charge in [-0.3, -0.25) is 4.79 Å². The molecule has 6 atom stereocenters. The number of carboxylic acids is 1. The average molecular weight is 339 g/mol. The fraction of sp³-hybridized carbons (Fsp3) is 0.923.